The van der Waals surface area contributed by atoms with E-state index in [1.54, 1.807) is 20.8 Å². The summed E-state index contributed by atoms with van der Waals surface area (Å²) in [6.45, 7) is 5.75. The molecule has 1 saturated heterocycles. The third kappa shape index (κ3) is 4.16. The summed E-state index contributed by atoms with van der Waals surface area (Å²) in [5.74, 6) is -1.74. The molecule has 2 rings (SSSR count). The summed E-state index contributed by atoms with van der Waals surface area (Å²) >= 11 is 0. The minimum atomic E-state index is -0.887. The fourth-order valence-corrected chi connectivity index (χ4v) is 2.60. The van der Waals surface area contributed by atoms with E-state index in [2.05, 4.69) is 0 Å². The van der Waals surface area contributed by atoms with Gasteiger partial charge in [0.05, 0.1) is 12.6 Å². The highest BCUT2D eigenvalue weighted by Crippen LogP contribution is 2.30. The number of aliphatic hydroxyl groups is 1. The van der Waals surface area contributed by atoms with Gasteiger partial charge in [-0.3, -0.25) is 0 Å². The highest BCUT2D eigenvalue weighted by Gasteiger charge is 2.33. The summed E-state index contributed by atoms with van der Waals surface area (Å²) in [5.41, 5.74) is -0.196. The molecule has 22 heavy (non-hydrogen) atoms. The average Bonchev–Trinajstić information content (AvgIpc) is 2.35. The molecule has 1 aliphatic rings. The van der Waals surface area contributed by atoms with Crippen molar-refractivity contribution < 1.29 is 23.4 Å². The van der Waals surface area contributed by atoms with Gasteiger partial charge in [-0.15, -0.1) is 0 Å². The number of β-amino-alcohol motifs (C(OH)–C–C–N with tert-alkyl or cyclic N) is 1. The van der Waals surface area contributed by atoms with E-state index in [-0.39, 0.29) is 6.54 Å². The maximum absolute atomic E-state index is 13.3. The van der Waals surface area contributed by atoms with E-state index in [9.17, 15) is 18.7 Å². The maximum atomic E-state index is 13.3. The molecule has 6 heteroatoms. The number of rotatable bonds is 1. The number of carbonyl (C=O) groups is 1. The highest BCUT2D eigenvalue weighted by atomic mass is 19.1. The maximum Gasteiger partial charge on any atom is 0.410 e. The monoisotopic (exact) mass is 313 g/mol. The number of hydrogen-bond donors (Lipinski definition) is 1. The summed E-state index contributed by atoms with van der Waals surface area (Å²) in [7, 11) is 0. The van der Waals surface area contributed by atoms with Gasteiger partial charge in [0, 0.05) is 18.5 Å². The molecule has 0 aliphatic carbocycles. The van der Waals surface area contributed by atoms with Crippen molar-refractivity contribution >= 4 is 6.09 Å². The second-order valence-corrected chi connectivity index (χ2v) is 6.59. The van der Waals surface area contributed by atoms with Crippen LogP contribution in [0, 0.1) is 11.6 Å². The Morgan fingerprint density at radius 1 is 1.27 bits per heavy atom. The van der Waals surface area contributed by atoms with Gasteiger partial charge in [-0.2, -0.15) is 0 Å². The summed E-state index contributed by atoms with van der Waals surface area (Å²) < 4.78 is 31.8. The Morgan fingerprint density at radius 2 is 1.86 bits per heavy atom. The molecule has 1 N–H and O–H groups in total. The van der Waals surface area contributed by atoms with Crippen molar-refractivity contribution in [3.8, 4) is 0 Å². The molecule has 0 spiro atoms. The molecule has 1 fully saturated rings. The quantitative estimate of drug-likeness (QED) is 0.867. The van der Waals surface area contributed by atoms with Gasteiger partial charge in [0.25, 0.3) is 0 Å². The first-order chi connectivity index (χ1) is 10.2. The van der Waals surface area contributed by atoms with Crippen LogP contribution in [0.15, 0.2) is 18.2 Å². The van der Waals surface area contributed by atoms with Crippen LogP contribution >= 0.6 is 0 Å². The second kappa shape index (κ2) is 6.20. The fourth-order valence-electron chi connectivity index (χ4n) is 2.60. The lowest BCUT2D eigenvalue weighted by atomic mass is 9.87. The molecule has 1 amide bonds. The van der Waals surface area contributed by atoms with Crippen LogP contribution in [0.25, 0.3) is 0 Å². The Hall–Kier alpha value is -1.69. The molecule has 1 aromatic rings. The van der Waals surface area contributed by atoms with E-state index < -0.39 is 35.4 Å². The molecular formula is C16H21F2NO3. The van der Waals surface area contributed by atoms with Crippen LogP contribution in [0.2, 0.25) is 0 Å². The number of hydrogen-bond acceptors (Lipinski definition) is 3. The Morgan fingerprint density at radius 3 is 2.36 bits per heavy atom. The van der Waals surface area contributed by atoms with E-state index in [4.69, 9.17) is 4.74 Å². The first-order valence-electron chi connectivity index (χ1n) is 7.28. The largest absolute Gasteiger partial charge is 0.444 e. The third-order valence-corrected chi connectivity index (χ3v) is 3.55. The van der Waals surface area contributed by atoms with Gasteiger partial charge in [0.15, 0.2) is 0 Å². The summed E-state index contributed by atoms with van der Waals surface area (Å²) in [6, 6.07) is 3.24. The van der Waals surface area contributed by atoms with Gasteiger partial charge in [-0.1, -0.05) is 0 Å². The van der Waals surface area contributed by atoms with Gasteiger partial charge >= 0.3 is 6.09 Å². The number of benzene rings is 1. The predicted molar refractivity (Wildman–Crippen MR) is 77.5 cm³/mol. The highest BCUT2D eigenvalue weighted by molar-refractivity contribution is 5.68. The van der Waals surface area contributed by atoms with Crippen molar-refractivity contribution in [1.29, 1.82) is 0 Å². The van der Waals surface area contributed by atoms with E-state index in [0.29, 0.717) is 18.5 Å². The zero-order valence-corrected chi connectivity index (χ0v) is 13.0. The minimum absolute atomic E-state index is 0.0811. The van der Waals surface area contributed by atoms with Crippen molar-refractivity contribution in [2.24, 2.45) is 0 Å². The molecule has 122 valence electrons. The van der Waals surface area contributed by atoms with Gasteiger partial charge in [0.2, 0.25) is 0 Å². The molecular weight excluding hydrogens is 292 g/mol. The van der Waals surface area contributed by atoms with Crippen LogP contribution in [-0.2, 0) is 4.74 Å². The smallest absolute Gasteiger partial charge is 0.410 e. The molecule has 2 atom stereocenters. The van der Waals surface area contributed by atoms with Gasteiger partial charge < -0.3 is 14.7 Å². The normalized spacial score (nSPS) is 22.5. The second-order valence-electron chi connectivity index (χ2n) is 6.59. The number of piperidine rings is 1. The average molecular weight is 313 g/mol. The Kier molecular flexibility index (Phi) is 4.70. The Balaban J connectivity index is 2.05. The molecule has 0 unspecified atom stereocenters. The number of likely N-dealkylation sites (tertiary alicyclic amines) is 1. The number of carbonyl (C=O) groups excluding carboxylic acids is 1. The Labute approximate surface area is 128 Å². The van der Waals surface area contributed by atoms with Crippen LogP contribution in [0.3, 0.4) is 0 Å². The first kappa shape index (κ1) is 16.7. The van der Waals surface area contributed by atoms with Gasteiger partial charge in [-0.25, -0.2) is 13.6 Å². The molecule has 0 bridgehead atoms. The molecule has 1 aliphatic heterocycles. The first-order valence-corrected chi connectivity index (χ1v) is 7.28. The van der Waals surface area contributed by atoms with Crippen LogP contribution in [0.4, 0.5) is 13.6 Å². The fraction of sp³-hybridized carbons (Fsp3) is 0.562. The van der Waals surface area contributed by atoms with E-state index in [1.807, 2.05) is 0 Å². The van der Waals surface area contributed by atoms with Gasteiger partial charge in [0.1, 0.15) is 17.2 Å². The van der Waals surface area contributed by atoms with Crippen LogP contribution < -0.4 is 0 Å². The van der Waals surface area contributed by atoms with Crippen molar-refractivity contribution in [2.75, 3.05) is 13.1 Å². The van der Waals surface area contributed by atoms with Crippen LogP contribution in [0.1, 0.15) is 38.7 Å². The standard InChI is InChI=1S/C16H21F2NO3/c1-16(2,3)22-15(21)19-5-4-13(14(20)9-19)10-6-11(17)8-12(18)7-10/h6-8,13-14,20H,4-5,9H2,1-3H3/t13-,14+/m0/s1. The van der Waals surface area contributed by atoms with Crippen molar-refractivity contribution in [2.45, 2.75) is 44.8 Å². The summed E-state index contributed by atoms with van der Waals surface area (Å²) in [6.07, 6.45) is -0.957. The third-order valence-electron chi connectivity index (χ3n) is 3.55. The van der Waals surface area contributed by atoms with E-state index >= 15 is 0 Å². The van der Waals surface area contributed by atoms with Crippen molar-refractivity contribution in [3.05, 3.63) is 35.4 Å². The van der Waals surface area contributed by atoms with Gasteiger partial charge in [-0.05, 0) is 44.9 Å². The summed E-state index contributed by atoms with van der Waals surface area (Å²) in [5, 5.41) is 10.2. The molecule has 1 aromatic carbocycles. The molecule has 1 heterocycles. The van der Waals surface area contributed by atoms with E-state index in [1.165, 1.54) is 17.0 Å². The SMILES string of the molecule is CC(C)(C)OC(=O)N1CC[C@@H](c2cc(F)cc(F)c2)[C@H](O)C1. The van der Waals surface area contributed by atoms with Crippen molar-refractivity contribution in [3.63, 3.8) is 0 Å². The number of ether oxygens (including phenoxy) is 1. The van der Waals surface area contributed by atoms with Crippen LogP contribution in [-0.4, -0.2) is 40.9 Å². The van der Waals surface area contributed by atoms with Crippen LogP contribution in [0.5, 0.6) is 0 Å². The number of halogens is 2. The molecule has 0 aromatic heterocycles. The lowest BCUT2D eigenvalue weighted by Crippen LogP contribution is -2.47. The lowest BCUT2D eigenvalue weighted by molar-refractivity contribution is -0.00157. The minimum Gasteiger partial charge on any atom is -0.444 e. The Bertz CT molecular complexity index is 537. The number of nitrogens with zero attached hydrogens (tertiary/aromatic N) is 1. The topological polar surface area (TPSA) is 49.8 Å². The predicted octanol–water partition coefficient (Wildman–Crippen LogP) is 3.05. The lowest BCUT2D eigenvalue weighted by Gasteiger charge is -2.36. The molecule has 0 saturated carbocycles. The van der Waals surface area contributed by atoms with Crippen molar-refractivity contribution in [1.82, 2.24) is 4.90 Å². The number of amides is 1. The zero-order valence-electron chi connectivity index (χ0n) is 13.0. The zero-order chi connectivity index (χ0) is 16.5. The number of aliphatic hydroxyl groups excluding tert-OH is 1. The molecule has 0 radical (unpaired) electrons. The summed E-state index contributed by atoms with van der Waals surface area (Å²) in [4.78, 5) is 13.4. The van der Waals surface area contributed by atoms with E-state index in [0.717, 1.165) is 6.07 Å². The molecule has 4 nitrogen and oxygen atoms in total.